The van der Waals surface area contributed by atoms with Crippen LogP contribution in [0.4, 0.5) is 0 Å². The fourth-order valence-electron chi connectivity index (χ4n) is 4.06. The number of carbonyl (C=O) groups is 1. The molecule has 0 saturated carbocycles. The Labute approximate surface area is 235 Å². The summed E-state index contributed by atoms with van der Waals surface area (Å²) >= 11 is 0. The van der Waals surface area contributed by atoms with Crippen LogP contribution < -0.4 is 0 Å². The van der Waals surface area contributed by atoms with Gasteiger partial charge in [-0.15, -0.1) is 0 Å². The summed E-state index contributed by atoms with van der Waals surface area (Å²) in [5.41, 5.74) is 1.60. The fourth-order valence-corrected chi connectivity index (χ4v) is 6.15. The molecule has 0 aromatic heterocycles. The number of hydrogen-bond donors (Lipinski definition) is 1. The van der Waals surface area contributed by atoms with Crippen LogP contribution in [0.5, 0.6) is 0 Å². The number of ether oxygens (including phenoxy) is 5. The molecular formula is C28H52NO9P. The first-order valence-corrected chi connectivity index (χ1v) is 15.8. The van der Waals surface area contributed by atoms with Crippen molar-refractivity contribution in [3.05, 3.63) is 23.9 Å². The molecule has 228 valence electrons. The second-order valence-corrected chi connectivity index (χ2v) is 12.0. The van der Waals surface area contributed by atoms with Crippen molar-refractivity contribution in [2.45, 2.75) is 85.0 Å². The second-order valence-electron chi connectivity index (χ2n) is 9.54. The third-order valence-electron chi connectivity index (χ3n) is 6.25. The molecule has 0 radical (unpaired) electrons. The van der Waals surface area contributed by atoms with E-state index in [0.29, 0.717) is 33.0 Å². The van der Waals surface area contributed by atoms with Crippen LogP contribution in [-0.4, -0.2) is 112 Å². The molecule has 1 fully saturated rings. The molecule has 0 aromatic rings. The predicted octanol–water partition coefficient (Wildman–Crippen LogP) is 3.99. The molecule has 1 N–H and O–H groups in total. The van der Waals surface area contributed by atoms with E-state index in [2.05, 4.69) is 19.8 Å². The Kier molecular flexibility index (Phi) is 17.6. The molecule has 1 heterocycles. The van der Waals surface area contributed by atoms with E-state index in [0.717, 1.165) is 24.0 Å². The number of rotatable bonds is 21. The summed E-state index contributed by atoms with van der Waals surface area (Å²) in [7, 11) is -1.02. The summed E-state index contributed by atoms with van der Waals surface area (Å²) in [5.74, 6) is -0.266. The van der Waals surface area contributed by atoms with Crippen molar-refractivity contribution in [2.75, 3.05) is 59.5 Å². The number of aliphatic hydroxyl groups excluding tert-OH is 1. The van der Waals surface area contributed by atoms with E-state index in [1.165, 1.54) is 11.8 Å². The summed E-state index contributed by atoms with van der Waals surface area (Å²) in [4.78, 5) is 14.2. The van der Waals surface area contributed by atoms with Gasteiger partial charge >= 0.3 is 0 Å². The maximum Gasteiger partial charge on any atom is 0.225 e. The number of unbranched alkanes of at least 4 members (excludes halogenated alkanes) is 1. The highest BCUT2D eigenvalue weighted by Gasteiger charge is 2.51. The van der Waals surface area contributed by atoms with Gasteiger partial charge in [0.1, 0.15) is 25.7 Å². The van der Waals surface area contributed by atoms with Crippen molar-refractivity contribution >= 4 is 19.5 Å². The van der Waals surface area contributed by atoms with E-state index in [-0.39, 0.29) is 25.3 Å². The number of methoxy groups -OCH3 is 1. The zero-order valence-corrected chi connectivity index (χ0v) is 26.0. The topological polar surface area (TPSA) is 105 Å². The number of nitrogens with zero attached hydrogens (tertiary/aromatic N) is 1. The molecule has 10 nitrogen and oxygen atoms in total. The minimum Gasteiger partial charge on any atom is -0.387 e. The first-order chi connectivity index (χ1) is 18.5. The lowest BCUT2D eigenvalue weighted by Crippen LogP contribution is -2.46. The number of hydrogen-bond acceptors (Lipinski definition) is 9. The zero-order valence-electron chi connectivity index (χ0n) is 25.1. The SMILES string of the molecule is C=C(C)/C(C)=C\N(C(C)=O)[C@@H]1O[C@H]([C@H](CP(=C)(OCC)OCC)OCCOCCCC)[C@@H](O)[C@H]1OCCOC. The van der Waals surface area contributed by atoms with Gasteiger partial charge in [-0.1, -0.05) is 31.8 Å². The van der Waals surface area contributed by atoms with Gasteiger partial charge in [0.2, 0.25) is 5.91 Å². The van der Waals surface area contributed by atoms with E-state index in [1.807, 2.05) is 27.7 Å². The average molecular weight is 578 g/mol. The monoisotopic (exact) mass is 577 g/mol. The molecule has 0 aliphatic carbocycles. The molecule has 39 heavy (non-hydrogen) atoms. The van der Waals surface area contributed by atoms with Gasteiger partial charge in [0.25, 0.3) is 0 Å². The molecular weight excluding hydrogens is 525 g/mol. The Balaban J connectivity index is 3.34. The van der Waals surface area contributed by atoms with Gasteiger partial charge in [-0.25, -0.2) is 0 Å². The first-order valence-electron chi connectivity index (χ1n) is 13.8. The second kappa shape index (κ2) is 19.1. The van der Waals surface area contributed by atoms with Crippen molar-refractivity contribution in [3.8, 4) is 0 Å². The average Bonchev–Trinajstić information content (AvgIpc) is 3.19. The normalized spacial score (nSPS) is 22.7. The van der Waals surface area contributed by atoms with E-state index >= 15 is 0 Å². The van der Waals surface area contributed by atoms with Gasteiger partial charge in [-0.3, -0.25) is 9.69 Å². The van der Waals surface area contributed by atoms with E-state index < -0.39 is 38.0 Å². The van der Waals surface area contributed by atoms with Crippen LogP contribution in [0.15, 0.2) is 23.9 Å². The predicted molar refractivity (Wildman–Crippen MR) is 155 cm³/mol. The lowest BCUT2D eigenvalue weighted by molar-refractivity contribution is -0.152. The number of aliphatic hydroxyl groups is 1. The van der Waals surface area contributed by atoms with Crippen LogP contribution in [0.3, 0.4) is 0 Å². The zero-order chi connectivity index (χ0) is 29.4. The number of allylic oxidation sites excluding steroid dienone is 2. The maximum atomic E-state index is 12.8. The molecule has 5 atom stereocenters. The van der Waals surface area contributed by atoms with E-state index in [9.17, 15) is 9.90 Å². The lowest BCUT2D eigenvalue weighted by atomic mass is 10.1. The molecule has 1 aliphatic heterocycles. The van der Waals surface area contributed by atoms with Crippen LogP contribution in [0.2, 0.25) is 0 Å². The molecule has 1 saturated heterocycles. The largest absolute Gasteiger partial charge is 0.387 e. The summed E-state index contributed by atoms with van der Waals surface area (Å²) in [6.45, 7) is 17.7. The number of carbonyl (C=O) groups excluding carboxylic acids is 1. The Hall–Kier alpha value is -1.07. The minimum atomic E-state index is -2.59. The lowest BCUT2D eigenvalue weighted by Gasteiger charge is -2.32. The highest BCUT2D eigenvalue weighted by Crippen LogP contribution is 2.49. The third kappa shape index (κ3) is 12.1. The van der Waals surface area contributed by atoms with Crippen molar-refractivity contribution in [1.29, 1.82) is 0 Å². The van der Waals surface area contributed by atoms with Crippen LogP contribution >= 0.6 is 7.34 Å². The van der Waals surface area contributed by atoms with Crippen molar-refractivity contribution in [1.82, 2.24) is 4.90 Å². The molecule has 0 aromatic carbocycles. The highest BCUT2D eigenvalue weighted by molar-refractivity contribution is 7.64. The Morgan fingerprint density at radius 3 is 2.28 bits per heavy atom. The molecule has 0 unspecified atom stereocenters. The van der Waals surface area contributed by atoms with Crippen LogP contribution in [0, 0.1) is 0 Å². The van der Waals surface area contributed by atoms with E-state index in [4.69, 9.17) is 32.7 Å². The highest BCUT2D eigenvalue weighted by atomic mass is 31.2. The maximum absolute atomic E-state index is 12.8. The molecule has 0 spiro atoms. The van der Waals surface area contributed by atoms with Gasteiger partial charge in [-0.05, 0) is 39.7 Å². The summed E-state index contributed by atoms with van der Waals surface area (Å²) < 4.78 is 41.4. The summed E-state index contributed by atoms with van der Waals surface area (Å²) in [6, 6.07) is 0. The Bertz CT molecular complexity index is 796. The Morgan fingerprint density at radius 2 is 1.74 bits per heavy atom. The smallest absolute Gasteiger partial charge is 0.225 e. The quantitative estimate of drug-likeness (QED) is 0.123. The van der Waals surface area contributed by atoms with Gasteiger partial charge in [0.05, 0.1) is 45.7 Å². The van der Waals surface area contributed by atoms with Crippen molar-refractivity contribution in [3.63, 3.8) is 0 Å². The minimum absolute atomic E-state index is 0.209. The van der Waals surface area contributed by atoms with E-state index in [1.54, 1.807) is 13.3 Å². The van der Waals surface area contributed by atoms with Crippen LogP contribution in [-0.2, 0) is 37.5 Å². The molecule has 0 bridgehead atoms. The first kappa shape index (κ1) is 36.0. The summed E-state index contributed by atoms with van der Waals surface area (Å²) in [5, 5.41) is 11.5. The van der Waals surface area contributed by atoms with Crippen molar-refractivity contribution < 1.29 is 42.6 Å². The standard InChI is InChI=1S/C28H52NO9P/c1-10-13-14-33-16-18-34-24(20-39(9,36-11-2)37-12-3)26-25(31)27(35-17-15-32-8)28(38-26)29(23(7)30)19-22(6)21(4)5/h19,24-28,31H,4,9-18,20H2,1-3,5-8H3/b22-19-/t24-,25+,26+,27+,28+/m0/s1. The summed E-state index contributed by atoms with van der Waals surface area (Å²) in [6.07, 6.45) is 3.85. The van der Waals surface area contributed by atoms with Crippen molar-refractivity contribution in [2.24, 2.45) is 0 Å². The molecule has 1 aliphatic rings. The fraction of sp³-hybridized carbons (Fsp3) is 0.786. The molecule has 1 rings (SSSR count). The Morgan fingerprint density at radius 1 is 1.08 bits per heavy atom. The third-order valence-corrected chi connectivity index (χ3v) is 8.62. The van der Waals surface area contributed by atoms with Crippen LogP contribution in [0.25, 0.3) is 0 Å². The number of amides is 1. The molecule has 1 amide bonds. The van der Waals surface area contributed by atoms with Gasteiger partial charge in [-0.2, -0.15) is 0 Å². The van der Waals surface area contributed by atoms with Gasteiger partial charge in [0, 0.05) is 33.0 Å². The van der Waals surface area contributed by atoms with Gasteiger partial charge in [0.15, 0.2) is 6.23 Å². The van der Waals surface area contributed by atoms with Crippen LogP contribution in [0.1, 0.15) is 54.4 Å². The molecule has 11 heteroatoms. The van der Waals surface area contributed by atoms with Gasteiger partial charge < -0.3 is 37.8 Å².